The number of phenols is 1. The zero-order valence-corrected chi connectivity index (χ0v) is 9.88. The van der Waals surface area contributed by atoms with Gasteiger partial charge in [-0.25, -0.2) is 4.79 Å². The quantitative estimate of drug-likeness (QED) is 0.775. The Morgan fingerprint density at radius 1 is 1.37 bits per heavy atom. The van der Waals surface area contributed by atoms with Crippen LogP contribution in [0.1, 0.15) is 26.5 Å². The van der Waals surface area contributed by atoms with Crippen LogP contribution < -0.4 is 5.32 Å². The summed E-state index contributed by atoms with van der Waals surface area (Å²) < 4.78 is 4.77. The molecule has 0 fully saturated rings. The zero-order valence-electron chi connectivity index (χ0n) is 9.88. The average molecular weight is 262 g/mol. The highest BCUT2D eigenvalue weighted by molar-refractivity contribution is 6.03. The Morgan fingerprint density at radius 2 is 2.11 bits per heavy atom. The lowest BCUT2D eigenvalue weighted by Gasteiger charge is -2.05. The molecule has 0 radical (unpaired) electrons. The number of benzene rings is 1. The summed E-state index contributed by atoms with van der Waals surface area (Å²) in [5, 5.41) is 24.2. The summed E-state index contributed by atoms with van der Waals surface area (Å²) in [4.78, 5) is 22.5. The second-order valence-corrected chi connectivity index (χ2v) is 3.83. The van der Waals surface area contributed by atoms with E-state index in [1.54, 1.807) is 6.92 Å². The number of carbonyl (C=O) groups is 2. The molecule has 0 unspecified atom stereocenters. The van der Waals surface area contributed by atoms with Crippen molar-refractivity contribution in [2.24, 2.45) is 0 Å². The summed E-state index contributed by atoms with van der Waals surface area (Å²) in [6.07, 6.45) is 1.40. The van der Waals surface area contributed by atoms with E-state index < -0.39 is 17.6 Å². The molecule has 0 atom stereocenters. The van der Waals surface area contributed by atoms with Crippen molar-refractivity contribution in [2.75, 3.05) is 5.32 Å². The van der Waals surface area contributed by atoms with Crippen LogP contribution in [0.25, 0.3) is 0 Å². The Labute approximate surface area is 107 Å². The summed E-state index contributed by atoms with van der Waals surface area (Å²) in [7, 11) is 0. The van der Waals surface area contributed by atoms with E-state index in [1.165, 1.54) is 18.3 Å². The van der Waals surface area contributed by atoms with Gasteiger partial charge in [0.2, 0.25) is 5.76 Å². The molecular formula is C12H10N2O5. The van der Waals surface area contributed by atoms with Crippen LogP contribution in [-0.4, -0.2) is 27.2 Å². The first-order valence-electron chi connectivity index (χ1n) is 5.28. The van der Waals surface area contributed by atoms with Crippen LogP contribution in [0.4, 0.5) is 5.69 Å². The number of carboxylic acid groups (broad SMARTS) is 1. The predicted molar refractivity (Wildman–Crippen MR) is 64.3 cm³/mol. The number of carboxylic acids is 1. The number of rotatable bonds is 3. The van der Waals surface area contributed by atoms with Crippen LogP contribution in [0, 0.1) is 6.92 Å². The maximum atomic E-state index is 11.8. The molecule has 0 aliphatic heterocycles. The maximum Gasteiger partial charge on any atom is 0.339 e. The molecular weight excluding hydrogens is 252 g/mol. The molecule has 7 heteroatoms. The fourth-order valence-corrected chi connectivity index (χ4v) is 1.49. The second kappa shape index (κ2) is 4.81. The number of nitrogens with zero attached hydrogens (tertiary/aromatic N) is 1. The number of hydrogen-bond acceptors (Lipinski definition) is 5. The Hall–Kier alpha value is -2.83. The molecule has 2 aromatic rings. The topological polar surface area (TPSA) is 113 Å². The molecule has 0 spiro atoms. The second-order valence-electron chi connectivity index (χ2n) is 3.83. The molecule has 0 bridgehead atoms. The Morgan fingerprint density at radius 3 is 2.63 bits per heavy atom. The van der Waals surface area contributed by atoms with E-state index in [9.17, 15) is 14.7 Å². The molecule has 19 heavy (non-hydrogen) atoms. The van der Waals surface area contributed by atoms with E-state index in [1.807, 2.05) is 0 Å². The number of hydrogen-bond donors (Lipinski definition) is 3. The Balaban J connectivity index is 2.21. The summed E-state index contributed by atoms with van der Waals surface area (Å²) in [5.41, 5.74) is 0.584. The van der Waals surface area contributed by atoms with Crippen LogP contribution in [0.2, 0.25) is 0 Å². The number of aromatic carboxylic acids is 1. The number of aromatic nitrogens is 1. The van der Waals surface area contributed by atoms with E-state index in [0.29, 0.717) is 5.56 Å². The molecule has 0 aliphatic rings. The molecule has 3 N–H and O–H groups in total. The molecule has 1 aromatic carbocycles. The monoisotopic (exact) mass is 262 g/mol. The summed E-state index contributed by atoms with van der Waals surface area (Å²) >= 11 is 0. The van der Waals surface area contributed by atoms with Crippen molar-refractivity contribution in [1.29, 1.82) is 0 Å². The van der Waals surface area contributed by atoms with Gasteiger partial charge < -0.3 is 20.1 Å². The number of anilines is 1. The molecule has 2 rings (SSSR count). The molecule has 1 amide bonds. The fraction of sp³-hybridized carbons (Fsp3) is 0.0833. The van der Waals surface area contributed by atoms with E-state index in [4.69, 9.17) is 9.63 Å². The number of aromatic hydroxyl groups is 1. The summed E-state index contributed by atoms with van der Waals surface area (Å²) in [5.74, 6) is -2.15. The standard InChI is InChI=1S/C12H10N2O5/c1-6-5-13-19-10(6)11(16)14-7-2-3-8(12(17)18)9(15)4-7/h2-5,15H,1H3,(H,14,16)(H,17,18). The molecule has 7 nitrogen and oxygen atoms in total. The number of aryl methyl sites for hydroxylation is 1. The van der Waals surface area contributed by atoms with Gasteiger partial charge in [0.1, 0.15) is 11.3 Å². The number of amides is 1. The maximum absolute atomic E-state index is 11.8. The summed E-state index contributed by atoms with van der Waals surface area (Å²) in [6, 6.07) is 3.71. The molecule has 0 saturated carbocycles. The van der Waals surface area contributed by atoms with Crippen LogP contribution in [-0.2, 0) is 0 Å². The van der Waals surface area contributed by atoms with Gasteiger partial charge in [-0.15, -0.1) is 0 Å². The molecule has 0 aliphatic carbocycles. The largest absolute Gasteiger partial charge is 0.507 e. The van der Waals surface area contributed by atoms with Crippen LogP contribution in [0.5, 0.6) is 5.75 Å². The van der Waals surface area contributed by atoms with Gasteiger partial charge in [-0.05, 0) is 19.1 Å². The van der Waals surface area contributed by atoms with Crippen LogP contribution >= 0.6 is 0 Å². The van der Waals surface area contributed by atoms with Crippen molar-refractivity contribution < 1.29 is 24.3 Å². The molecule has 1 heterocycles. The van der Waals surface area contributed by atoms with Gasteiger partial charge in [0.05, 0.1) is 6.20 Å². The third-order valence-electron chi connectivity index (χ3n) is 2.44. The highest BCUT2D eigenvalue weighted by atomic mass is 16.5. The highest BCUT2D eigenvalue weighted by Crippen LogP contribution is 2.22. The van der Waals surface area contributed by atoms with Gasteiger partial charge in [0.15, 0.2) is 0 Å². The summed E-state index contributed by atoms with van der Waals surface area (Å²) in [6.45, 7) is 1.66. The first-order chi connectivity index (χ1) is 8.99. The van der Waals surface area contributed by atoms with Crippen molar-refractivity contribution in [3.63, 3.8) is 0 Å². The molecule has 0 saturated heterocycles. The SMILES string of the molecule is Cc1cnoc1C(=O)Nc1ccc(C(=O)O)c(O)c1. The number of nitrogens with one attached hydrogen (secondary N) is 1. The van der Waals surface area contributed by atoms with E-state index >= 15 is 0 Å². The van der Waals surface area contributed by atoms with Gasteiger partial charge >= 0.3 is 5.97 Å². The minimum atomic E-state index is -1.25. The van der Waals surface area contributed by atoms with Gasteiger partial charge in [-0.1, -0.05) is 5.16 Å². The van der Waals surface area contributed by atoms with Crippen molar-refractivity contribution in [3.8, 4) is 5.75 Å². The lowest BCUT2D eigenvalue weighted by atomic mass is 10.2. The molecule has 1 aromatic heterocycles. The van der Waals surface area contributed by atoms with E-state index in [-0.39, 0.29) is 17.0 Å². The lowest BCUT2D eigenvalue weighted by Crippen LogP contribution is -2.12. The third-order valence-corrected chi connectivity index (χ3v) is 2.44. The van der Waals surface area contributed by atoms with Crippen molar-refractivity contribution >= 4 is 17.6 Å². The lowest BCUT2D eigenvalue weighted by molar-refractivity contribution is 0.0693. The van der Waals surface area contributed by atoms with Gasteiger partial charge in [-0.3, -0.25) is 4.79 Å². The first-order valence-corrected chi connectivity index (χ1v) is 5.28. The van der Waals surface area contributed by atoms with Crippen molar-refractivity contribution in [1.82, 2.24) is 5.16 Å². The van der Waals surface area contributed by atoms with Gasteiger partial charge in [0, 0.05) is 17.3 Å². The average Bonchev–Trinajstić information content (AvgIpc) is 2.75. The van der Waals surface area contributed by atoms with E-state index in [2.05, 4.69) is 10.5 Å². The van der Waals surface area contributed by atoms with Crippen molar-refractivity contribution in [2.45, 2.75) is 6.92 Å². The minimum absolute atomic E-state index is 0.0572. The first kappa shape index (κ1) is 12.6. The zero-order chi connectivity index (χ0) is 14.0. The van der Waals surface area contributed by atoms with Gasteiger partial charge in [0.25, 0.3) is 5.91 Å². The highest BCUT2D eigenvalue weighted by Gasteiger charge is 2.16. The van der Waals surface area contributed by atoms with Crippen molar-refractivity contribution in [3.05, 3.63) is 41.3 Å². The number of carbonyl (C=O) groups excluding carboxylic acids is 1. The normalized spacial score (nSPS) is 10.2. The molecule has 98 valence electrons. The minimum Gasteiger partial charge on any atom is -0.507 e. The van der Waals surface area contributed by atoms with Crippen LogP contribution in [0.3, 0.4) is 0 Å². The fourth-order valence-electron chi connectivity index (χ4n) is 1.49. The smallest absolute Gasteiger partial charge is 0.339 e. The Bertz CT molecular complexity index is 647. The van der Waals surface area contributed by atoms with Crippen LogP contribution in [0.15, 0.2) is 28.9 Å². The third kappa shape index (κ3) is 2.54. The van der Waals surface area contributed by atoms with E-state index in [0.717, 1.165) is 6.07 Å². The Kier molecular flexibility index (Phi) is 3.19. The predicted octanol–water partition coefficient (Wildman–Crippen LogP) is 1.64. The van der Waals surface area contributed by atoms with Gasteiger partial charge in [-0.2, -0.15) is 0 Å².